The first kappa shape index (κ1) is 15.4. The smallest absolute Gasteiger partial charge is 0.258 e. The van der Waals surface area contributed by atoms with E-state index in [9.17, 15) is 4.79 Å². The van der Waals surface area contributed by atoms with Crippen molar-refractivity contribution < 1.29 is 9.53 Å². The number of rotatable bonds is 6. The third kappa shape index (κ3) is 5.70. The molecule has 0 aromatic carbocycles. The van der Waals surface area contributed by atoms with E-state index in [1.54, 1.807) is 0 Å². The largest absolute Gasteiger partial charge is 0.482 e. The van der Waals surface area contributed by atoms with Gasteiger partial charge in [-0.05, 0) is 39.8 Å². The van der Waals surface area contributed by atoms with Crippen LogP contribution in [0, 0.1) is 6.92 Å². The number of ether oxygens (including phenoxy) is 1. The second-order valence-electron chi connectivity index (χ2n) is 5.09. The summed E-state index contributed by atoms with van der Waals surface area (Å²) in [5.41, 5.74) is 7.50. The van der Waals surface area contributed by atoms with Gasteiger partial charge in [-0.1, -0.05) is 0 Å². The molecule has 0 saturated heterocycles. The summed E-state index contributed by atoms with van der Waals surface area (Å²) in [5.74, 6) is 0.490. The topological polar surface area (TPSA) is 77.2 Å². The SMILES string of the molecule is Cc1ccc(OCC(=O)NC(C)C)c(CC(C)N)n1. The van der Waals surface area contributed by atoms with Gasteiger partial charge in [-0.2, -0.15) is 0 Å². The maximum atomic E-state index is 11.5. The number of nitrogens with two attached hydrogens (primary N) is 1. The Hall–Kier alpha value is -1.62. The number of amides is 1. The minimum absolute atomic E-state index is 0.00106. The van der Waals surface area contributed by atoms with Gasteiger partial charge in [-0.25, -0.2) is 0 Å². The van der Waals surface area contributed by atoms with E-state index in [0.29, 0.717) is 12.2 Å². The molecule has 1 unspecified atom stereocenters. The Balaban J connectivity index is 2.69. The van der Waals surface area contributed by atoms with Crippen molar-refractivity contribution >= 4 is 5.91 Å². The van der Waals surface area contributed by atoms with Gasteiger partial charge >= 0.3 is 0 Å². The molecular weight excluding hydrogens is 242 g/mol. The summed E-state index contributed by atoms with van der Waals surface area (Å²) in [6.45, 7) is 7.65. The molecule has 0 aliphatic rings. The van der Waals surface area contributed by atoms with Crippen molar-refractivity contribution in [1.82, 2.24) is 10.3 Å². The quantitative estimate of drug-likeness (QED) is 0.810. The molecule has 1 heterocycles. The lowest BCUT2D eigenvalue weighted by Crippen LogP contribution is -2.34. The fourth-order valence-electron chi connectivity index (χ4n) is 1.69. The zero-order valence-corrected chi connectivity index (χ0v) is 12.1. The van der Waals surface area contributed by atoms with Crippen molar-refractivity contribution in [1.29, 1.82) is 0 Å². The number of nitrogens with one attached hydrogen (secondary N) is 1. The van der Waals surface area contributed by atoms with Crippen molar-refractivity contribution in [2.24, 2.45) is 5.73 Å². The number of pyridine rings is 1. The van der Waals surface area contributed by atoms with Crippen LogP contribution >= 0.6 is 0 Å². The Morgan fingerprint density at radius 1 is 1.42 bits per heavy atom. The van der Waals surface area contributed by atoms with Crippen LogP contribution in [0.3, 0.4) is 0 Å². The number of hydrogen-bond donors (Lipinski definition) is 2. The lowest BCUT2D eigenvalue weighted by atomic mass is 10.1. The summed E-state index contributed by atoms with van der Waals surface area (Å²) in [4.78, 5) is 16.0. The highest BCUT2D eigenvalue weighted by Gasteiger charge is 2.10. The molecule has 19 heavy (non-hydrogen) atoms. The van der Waals surface area contributed by atoms with Crippen LogP contribution in [0.1, 0.15) is 32.2 Å². The van der Waals surface area contributed by atoms with E-state index in [4.69, 9.17) is 10.5 Å². The van der Waals surface area contributed by atoms with E-state index >= 15 is 0 Å². The third-order valence-electron chi connectivity index (χ3n) is 2.40. The van der Waals surface area contributed by atoms with E-state index < -0.39 is 0 Å². The van der Waals surface area contributed by atoms with E-state index in [2.05, 4.69) is 10.3 Å². The first-order chi connectivity index (χ1) is 8.88. The lowest BCUT2D eigenvalue weighted by Gasteiger charge is -2.14. The Morgan fingerprint density at radius 3 is 2.68 bits per heavy atom. The average Bonchev–Trinajstić information content (AvgIpc) is 2.26. The first-order valence-corrected chi connectivity index (χ1v) is 6.52. The zero-order chi connectivity index (χ0) is 14.4. The van der Waals surface area contributed by atoms with E-state index in [1.807, 2.05) is 39.8 Å². The lowest BCUT2D eigenvalue weighted by molar-refractivity contribution is -0.123. The molecule has 0 aliphatic heterocycles. The molecule has 0 radical (unpaired) electrons. The second kappa shape index (κ2) is 7.09. The molecule has 5 heteroatoms. The summed E-state index contributed by atoms with van der Waals surface area (Å²) >= 11 is 0. The summed E-state index contributed by atoms with van der Waals surface area (Å²) in [7, 11) is 0. The fraction of sp³-hybridized carbons (Fsp3) is 0.571. The minimum Gasteiger partial charge on any atom is -0.482 e. The van der Waals surface area contributed by atoms with Gasteiger partial charge in [0, 0.05) is 24.2 Å². The van der Waals surface area contributed by atoms with Crippen molar-refractivity contribution in [2.75, 3.05) is 6.61 Å². The van der Waals surface area contributed by atoms with Gasteiger partial charge in [0.05, 0.1) is 5.69 Å². The zero-order valence-electron chi connectivity index (χ0n) is 12.1. The molecule has 0 aliphatic carbocycles. The average molecular weight is 265 g/mol. The number of nitrogens with zero attached hydrogens (tertiary/aromatic N) is 1. The molecule has 0 fully saturated rings. The predicted molar refractivity (Wildman–Crippen MR) is 75.1 cm³/mol. The van der Waals surface area contributed by atoms with Crippen LogP contribution in [-0.4, -0.2) is 29.6 Å². The van der Waals surface area contributed by atoms with Gasteiger partial charge in [0.15, 0.2) is 6.61 Å². The first-order valence-electron chi connectivity index (χ1n) is 6.52. The van der Waals surface area contributed by atoms with Crippen molar-refractivity contribution in [3.05, 3.63) is 23.5 Å². The Labute approximate surface area is 114 Å². The van der Waals surface area contributed by atoms with E-state index in [-0.39, 0.29) is 24.6 Å². The Morgan fingerprint density at radius 2 is 2.11 bits per heavy atom. The molecule has 3 N–H and O–H groups in total. The molecule has 1 aromatic rings. The normalized spacial score (nSPS) is 12.3. The van der Waals surface area contributed by atoms with Gasteiger partial charge in [0.2, 0.25) is 0 Å². The van der Waals surface area contributed by atoms with E-state index in [0.717, 1.165) is 11.4 Å². The van der Waals surface area contributed by atoms with Crippen LogP contribution in [0.4, 0.5) is 0 Å². The standard InChI is InChI=1S/C14H23N3O2/c1-9(2)16-14(18)8-19-13-6-5-11(4)17-12(13)7-10(3)15/h5-6,9-10H,7-8,15H2,1-4H3,(H,16,18). The summed E-state index contributed by atoms with van der Waals surface area (Å²) in [6, 6.07) is 3.81. The van der Waals surface area contributed by atoms with Crippen LogP contribution in [-0.2, 0) is 11.2 Å². The maximum absolute atomic E-state index is 11.5. The van der Waals surface area contributed by atoms with Crippen molar-refractivity contribution in [3.63, 3.8) is 0 Å². The summed E-state index contributed by atoms with van der Waals surface area (Å²) < 4.78 is 5.53. The summed E-state index contributed by atoms with van der Waals surface area (Å²) in [5, 5.41) is 2.78. The predicted octanol–water partition coefficient (Wildman–Crippen LogP) is 1.18. The molecule has 0 saturated carbocycles. The fourth-order valence-corrected chi connectivity index (χ4v) is 1.69. The molecule has 1 atom stereocenters. The maximum Gasteiger partial charge on any atom is 0.258 e. The van der Waals surface area contributed by atoms with Crippen molar-refractivity contribution in [2.45, 2.75) is 46.2 Å². The number of carbonyl (C=O) groups excluding carboxylic acids is 1. The van der Waals surface area contributed by atoms with Crippen LogP contribution < -0.4 is 15.8 Å². The van der Waals surface area contributed by atoms with Gasteiger partial charge in [-0.15, -0.1) is 0 Å². The monoisotopic (exact) mass is 265 g/mol. The molecule has 1 amide bonds. The number of aryl methyl sites for hydroxylation is 1. The molecule has 5 nitrogen and oxygen atoms in total. The molecule has 106 valence electrons. The third-order valence-corrected chi connectivity index (χ3v) is 2.40. The van der Waals surface area contributed by atoms with E-state index in [1.165, 1.54) is 0 Å². The van der Waals surface area contributed by atoms with Crippen LogP contribution in [0.15, 0.2) is 12.1 Å². The minimum atomic E-state index is -0.137. The molecule has 1 rings (SSSR count). The highest BCUT2D eigenvalue weighted by Crippen LogP contribution is 2.18. The van der Waals surface area contributed by atoms with Crippen molar-refractivity contribution in [3.8, 4) is 5.75 Å². The van der Waals surface area contributed by atoms with Gasteiger partial charge in [-0.3, -0.25) is 9.78 Å². The van der Waals surface area contributed by atoms with Gasteiger partial charge < -0.3 is 15.8 Å². The van der Waals surface area contributed by atoms with Gasteiger partial charge in [0.25, 0.3) is 5.91 Å². The number of hydrogen-bond acceptors (Lipinski definition) is 4. The Bertz CT molecular complexity index is 431. The number of carbonyl (C=O) groups is 1. The van der Waals surface area contributed by atoms with Crippen LogP contribution in [0.2, 0.25) is 0 Å². The second-order valence-corrected chi connectivity index (χ2v) is 5.09. The number of aromatic nitrogens is 1. The molecule has 1 aromatic heterocycles. The highest BCUT2D eigenvalue weighted by atomic mass is 16.5. The van der Waals surface area contributed by atoms with Crippen LogP contribution in [0.5, 0.6) is 5.75 Å². The summed E-state index contributed by atoms with van der Waals surface area (Å²) in [6.07, 6.45) is 0.628. The highest BCUT2D eigenvalue weighted by molar-refractivity contribution is 5.77. The molecule has 0 bridgehead atoms. The van der Waals surface area contributed by atoms with Gasteiger partial charge in [0.1, 0.15) is 5.75 Å². The Kier molecular flexibility index (Phi) is 5.76. The molecular formula is C14H23N3O2. The molecule has 0 spiro atoms. The van der Waals surface area contributed by atoms with Crippen LogP contribution in [0.25, 0.3) is 0 Å².